The lowest BCUT2D eigenvalue weighted by molar-refractivity contribution is -0.122. The van der Waals surface area contributed by atoms with Gasteiger partial charge in [0.25, 0.3) is 0 Å². The van der Waals surface area contributed by atoms with Gasteiger partial charge in [-0.3, -0.25) is 4.79 Å². The maximum absolute atomic E-state index is 12.2. The fraction of sp³-hybridized carbons (Fsp3) is 0.471. The van der Waals surface area contributed by atoms with Gasteiger partial charge in [-0.05, 0) is 48.6 Å². The minimum absolute atomic E-state index is 0.137. The highest BCUT2D eigenvalue weighted by molar-refractivity contribution is 7.17. The lowest BCUT2D eigenvalue weighted by Crippen LogP contribution is -2.51. The van der Waals surface area contributed by atoms with Crippen LogP contribution in [0.3, 0.4) is 0 Å². The van der Waals surface area contributed by atoms with Gasteiger partial charge in [-0.1, -0.05) is 6.07 Å². The minimum atomic E-state index is 0.137. The Balaban J connectivity index is 1.53. The van der Waals surface area contributed by atoms with Gasteiger partial charge in [0.1, 0.15) is 0 Å². The van der Waals surface area contributed by atoms with Gasteiger partial charge < -0.3 is 15.1 Å². The second-order valence-corrected chi connectivity index (χ2v) is 7.12. The average molecular weight is 317 g/mol. The molecule has 1 saturated heterocycles. The summed E-state index contributed by atoms with van der Waals surface area (Å²) in [6, 6.07) is 8.83. The zero-order valence-electron chi connectivity index (χ0n) is 13.2. The Bertz CT molecular complexity index is 654. The van der Waals surface area contributed by atoms with Gasteiger partial charge in [0.15, 0.2) is 0 Å². The molecule has 0 aliphatic carbocycles. The Morgan fingerprint density at radius 3 is 3.05 bits per heavy atom. The normalized spacial score (nSPS) is 20.4. The summed E-state index contributed by atoms with van der Waals surface area (Å²) < 4.78 is 1.29. The first-order valence-corrected chi connectivity index (χ1v) is 8.61. The van der Waals surface area contributed by atoms with Crippen LogP contribution in [0.4, 0.5) is 0 Å². The molecule has 1 atom stereocenters. The molecule has 0 bridgehead atoms. The third kappa shape index (κ3) is 3.66. The Hall–Kier alpha value is -1.43. The van der Waals surface area contributed by atoms with E-state index in [4.69, 9.17) is 0 Å². The zero-order chi connectivity index (χ0) is 15.5. The molecule has 1 fully saturated rings. The van der Waals surface area contributed by atoms with Gasteiger partial charge in [-0.2, -0.15) is 0 Å². The number of carbonyl (C=O) groups is 1. The maximum Gasteiger partial charge on any atom is 0.221 e. The number of nitrogens with zero attached hydrogens (tertiary/aromatic N) is 2. The third-order valence-corrected chi connectivity index (χ3v) is 5.31. The van der Waals surface area contributed by atoms with Crippen LogP contribution < -0.4 is 5.32 Å². The molecular formula is C17H23N3OS. The van der Waals surface area contributed by atoms with Crippen molar-refractivity contribution in [3.8, 4) is 0 Å². The molecule has 0 spiro atoms. The average Bonchev–Trinajstić information content (AvgIpc) is 2.96. The van der Waals surface area contributed by atoms with E-state index in [9.17, 15) is 4.79 Å². The van der Waals surface area contributed by atoms with E-state index in [0.29, 0.717) is 19.0 Å². The molecule has 4 nitrogen and oxygen atoms in total. The van der Waals surface area contributed by atoms with Crippen molar-refractivity contribution in [2.45, 2.75) is 19.0 Å². The molecule has 22 heavy (non-hydrogen) atoms. The maximum atomic E-state index is 12.2. The van der Waals surface area contributed by atoms with E-state index < -0.39 is 0 Å². The topological polar surface area (TPSA) is 35.6 Å². The molecule has 2 aromatic rings. The fourth-order valence-electron chi connectivity index (χ4n) is 2.93. The third-order valence-electron chi connectivity index (χ3n) is 4.41. The van der Waals surface area contributed by atoms with Crippen molar-refractivity contribution in [3.05, 3.63) is 35.2 Å². The SMILES string of the molecule is CN1CCN(C)[C@@H](CC(=O)NCc2ccc3sccc3c2)C1. The van der Waals surface area contributed by atoms with E-state index in [0.717, 1.165) is 25.2 Å². The number of amides is 1. The summed E-state index contributed by atoms with van der Waals surface area (Å²) in [5.41, 5.74) is 1.16. The van der Waals surface area contributed by atoms with E-state index in [-0.39, 0.29) is 5.91 Å². The van der Waals surface area contributed by atoms with Crippen LogP contribution in [0.1, 0.15) is 12.0 Å². The number of rotatable bonds is 4. The molecule has 0 saturated carbocycles. The highest BCUT2D eigenvalue weighted by Crippen LogP contribution is 2.21. The van der Waals surface area contributed by atoms with Crippen molar-refractivity contribution in [2.24, 2.45) is 0 Å². The van der Waals surface area contributed by atoms with E-state index >= 15 is 0 Å². The summed E-state index contributed by atoms with van der Waals surface area (Å²) in [6.45, 7) is 3.68. The van der Waals surface area contributed by atoms with Gasteiger partial charge in [-0.15, -0.1) is 11.3 Å². The van der Waals surface area contributed by atoms with Crippen molar-refractivity contribution < 1.29 is 4.79 Å². The fourth-order valence-corrected chi connectivity index (χ4v) is 3.71. The van der Waals surface area contributed by atoms with Crippen LogP contribution in [0, 0.1) is 0 Å². The predicted octanol–water partition coefficient (Wildman–Crippen LogP) is 2.15. The van der Waals surface area contributed by atoms with Gasteiger partial charge in [-0.25, -0.2) is 0 Å². The Kier molecular flexibility index (Phi) is 4.76. The largest absolute Gasteiger partial charge is 0.352 e. The summed E-state index contributed by atoms with van der Waals surface area (Å²) in [4.78, 5) is 16.8. The first kappa shape index (κ1) is 15.5. The number of carbonyl (C=O) groups excluding carboxylic acids is 1. The van der Waals surface area contributed by atoms with Gasteiger partial charge >= 0.3 is 0 Å². The van der Waals surface area contributed by atoms with Crippen LogP contribution in [0.15, 0.2) is 29.6 Å². The van der Waals surface area contributed by atoms with E-state index in [1.807, 2.05) is 0 Å². The van der Waals surface area contributed by atoms with Crippen LogP contribution in [0.5, 0.6) is 0 Å². The number of nitrogens with one attached hydrogen (secondary N) is 1. The highest BCUT2D eigenvalue weighted by atomic mass is 32.1. The predicted molar refractivity (Wildman–Crippen MR) is 92.2 cm³/mol. The molecule has 0 radical (unpaired) electrons. The van der Waals surface area contributed by atoms with E-state index in [1.165, 1.54) is 10.1 Å². The summed E-state index contributed by atoms with van der Waals surface area (Å²) in [5.74, 6) is 0.137. The lowest BCUT2D eigenvalue weighted by Gasteiger charge is -2.37. The molecule has 1 amide bonds. The number of piperazine rings is 1. The van der Waals surface area contributed by atoms with Gasteiger partial charge in [0.2, 0.25) is 5.91 Å². The highest BCUT2D eigenvalue weighted by Gasteiger charge is 2.24. The molecule has 1 aromatic heterocycles. The molecule has 1 N–H and O–H groups in total. The lowest BCUT2D eigenvalue weighted by atomic mass is 10.1. The zero-order valence-corrected chi connectivity index (χ0v) is 14.0. The molecule has 0 unspecified atom stereocenters. The number of thiophene rings is 1. The Morgan fingerprint density at radius 2 is 2.18 bits per heavy atom. The molecule has 2 heterocycles. The van der Waals surface area contributed by atoms with Crippen molar-refractivity contribution >= 4 is 27.3 Å². The van der Waals surface area contributed by atoms with Crippen LogP contribution >= 0.6 is 11.3 Å². The number of hydrogen-bond acceptors (Lipinski definition) is 4. The van der Waals surface area contributed by atoms with Crippen LogP contribution in [0.25, 0.3) is 10.1 Å². The smallest absolute Gasteiger partial charge is 0.221 e. The van der Waals surface area contributed by atoms with E-state index in [1.54, 1.807) is 11.3 Å². The summed E-state index contributed by atoms with van der Waals surface area (Å²) in [6.07, 6.45) is 0.571. The number of hydrogen-bond donors (Lipinski definition) is 1. The van der Waals surface area contributed by atoms with Crippen molar-refractivity contribution in [3.63, 3.8) is 0 Å². The second-order valence-electron chi connectivity index (χ2n) is 6.17. The number of likely N-dealkylation sites (N-methyl/N-ethyl adjacent to an activating group) is 2. The Labute approximate surface area is 135 Å². The molecule has 1 aliphatic heterocycles. The van der Waals surface area contributed by atoms with Crippen LogP contribution in [-0.2, 0) is 11.3 Å². The van der Waals surface area contributed by atoms with Crippen molar-refractivity contribution in [2.75, 3.05) is 33.7 Å². The van der Waals surface area contributed by atoms with Crippen LogP contribution in [-0.4, -0.2) is 55.5 Å². The van der Waals surface area contributed by atoms with E-state index in [2.05, 4.69) is 58.9 Å². The quantitative estimate of drug-likeness (QED) is 0.938. The molecule has 3 rings (SSSR count). The monoisotopic (exact) mass is 317 g/mol. The number of fused-ring (bicyclic) bond motifs is 1. The minimum Gasteiger partial charge on any atom is -0.352 e. The molecular weight excluding hydrogens is 294 g/mol. The Morgan fingerprint density at radius 1 is 1.32 bits per heavy atom. The van der Waals surface area contributed by atoms with Gasteiger partial charge in [0, 0.05) is 43.3 Å². The first-order valence-electron chi connectivity index (χ1n) is 7.73. The summed E-state index contributed by atoms with van der Waals surface area (Å²) in [7, 11) is 4.23. The molecule has 118 valence electrons. The standard InChI is InChI=1S/C17H23N3OS/c1-19-6-7-20(2)15(12-19)10-17(21)18-11-13-3-4-16-14(9-13)5-8-22-16/h3-5,8-9,15H,6-7,10-12H2,1-2H3,(H,18,21)/t15-/m0/s1. The molecule has 1 aromatic carbocycles. The van der Waals surface area contributed by atoms with Gasteiger partial charge in [0.05, 0.1) is 0 Å². The molecule has 1 aliphatic rings. The van der Waals surface area contributed by atoms with Crippen molar-refractivity contribution in [1.29, 1.82) is 0 Å². The summed E-state index contributed by atoms with van der Waals surface area (Å²) in [5, 5.41) is 6.41. The molecule has 5 heteroatoms. The second kappa shape index (κ2) is 6.77. The number of benzene rings is 1. The van der Waals surface area contributed by atoms with Crippen LogP contribution in [0.2, 0.25) is 0 Å². The first-order chi connectivity index (χ1) is 10.6. The van der Waals surface area contributed by atoms with Crippen molar-refractivity contribution in [1.82, 2.24) is 15.1 Å². The summed E-state index contributed by atoms with van der Waals surface area (Å²) >= 11 is 1.75.